The number of hydrogen-bond donors (Lipinski definition) is 0. The lowest BCUT2D eigenvalue weighted by atomic mass is 10.0. The highest BCUT2D eigenvalue weighted by molar-refractivity contribution is 5.71. The molecule has 0 aliphatic heterocycles. The fourth-order valence-electron chi connectivity index (χ4n) is 6.27. The molecule has 290 valence electrons. The number of hydrogen-bond acceptors (Lipinski definition) is 6. The molecule has 6 nitrogen and oxygen atoms in total. The van der Waals surface area contributed by atoms with Crippen LogP contribution in [0.15, 0.2) is 0 Å². The van der Waals surface area contributed by atoms with E-state index in [0.29, 0.717) is 19.3 Å². The molecule has 0 spiro atoms. The van der Waals surface area contributed by atoms with Gasteiger partial charge in [0.05, 0.1) is 0 Å². The highest BCUT2D eigenvalue weighted by Gasteiger charge is 2.19. The monoisotopic (exact) mass is 695 g/mol. The minimum atomic E-state index is -0.758. The largest absolute Gasteiger partial charge is 0.462 e. The average molecular weight is 695 g/mol. The Morgan fingerprint density at radius 3 is 1.00 bits per heavy atom. The second kappa shape index (κ2) is 37.7. The predicted octanol–water partition coefficient (Wildman–Crippen LogP) is 13.2. The Bertz CT molecular complexity index is 736. The third-order valence-electron chi connectivity index (χ3n) is 9.54. The zero-order chi connectivity index (χ0) is 36.0. The average Bonchev–Trinajstić information content (AvgIpc) is 3.08. The van der Waals surface area contributed by atoms with Crippen molar-refractivity contribution in [2.75, 3.05) is 13.2 Å². The van der Waals surface area contributed by atoms with Crippen molar-refractivity contribution in [3.05, 3.63) is 0 Å². The summed E-state index contributed by atoms with van der Waals surface area (Å²) in [6.45, 7) is 8.89. The molecule has 0 aromatic rings. The maximum Gasteiger partial charge on any atom is 0.306 e. The van der Waals surface area contributed by atoms with E-state index in [1.807, 2.05) is 0 Å². The van der Waals surface area contributed by atoms with Gasteiger partial charge in [0.15, 0.2) is 6.10 Å². The molecule has 0 amide bonds. The van der Waals surface area contributed by atoms with Gasteiger partial charge in [-0.15, -0.1) is 0 Å². The van der Waals surface area contributed by atoms with E-state index >= 15 is 0 Å². The summed E-state index contributed by atoms with van der Waals surface area (Å²) in [5.74, 6) is -0.106. The van der Waals surface area contributed by atoms with Crippen molar-refractivity contribution >= 4 is 17.9 Å². The SMILES string of the molecule is CCCCCCCCCCCCCCCC(=O)OC[C@H](COC(=O)CCCCCCCCCCC)OC(=O)CCCCCCCCC(C)C. The summed E-state index contributed by atoms with van der Waals surface area (Å²) in [5, 5.41) is 0. The lowest BCUT2D eigenvalue weighted by molar-refractivity contribution is -0.167. The number of rotatable bonds is 38. The van der Waals surface area contributed by atoms with Gasteiger partial charge in [0, 0.05) is 19.3 Å². The van der Waals surface area contributed by atoms with Crippen molar-refractivity contribution in [2.24, 2.45) is 5.92 Å². The van der Waals surface area contributed by atoms with Gasteiger partial charge in [-0.2, -0.15) is 0 Å². The Labute approximate surface area is 304 Å². The van der Waals surface area contributed by atoms with Crippen molar-refractivity contribution in [3.8, 4) is 0 Å². The van der Waals surface area contributed by atoms with Crippen LogP contribution in [-0.2, 0) is 28.6 Å². The van der Waals surface area contributed by atoms with E-state index in [1.165, 1.54) is 128 Å². The molecule has 6 heteroatoms. The highest BCUT2D eigenvalue weighted by atomic mass is 16.6. The molecule has 1 atom stereocenters. The first-order chi connectivity index (χ1) is 23.9. The van der Waals surface area contributed by atoms with Crippen LogP contribution in [0.25, 0.3) is 0 Å². The maximum absolute atomic E-state index is 12.6. The van der Waals surface area contributed by atoms with E-state index in [9.17, 15) is 14.4 Å². The minimum absolute atomic E-state index is 0.0653. The smallest absolute Gasteiger partial charge is 0.306 e. The van der Waals surface area contributed by atoms with E-state index in [2.05, 4.69) is 27.7 Å². The molecule has 0 fully saturated rings. The molecule has 0 radical (unpaired) electrons. The van der Waals surface area contributed by atoms with Crippen LogP contribution in [-0.4, -0.2) is 37.2 Å². The Kier molecular flexibility index (Phi) is 36.4. The van der Waals surface area contributed by atoms with Crippen molar-refractivity contribution in [3.63, 3.8) is 0 Å². The van der Waals surface area contributed by atoms with Gasteiger partial charge in [0.2, 0.25) is 0 Å². The molecule has 0 unspecified atom stereocenters. The molecule has 0 N–H and O–H groups in total. The lowest BCUT2D eigenvalue weighted by Gasteiger charge is -2.18. The number of unbranched alkanes of at least 4 members (excludes halogenated alkanes) is 25. The molecule has 0 saturated carbocycles. The van der Waals surface area contributed by atoms with Gasteiger partial charge in [-0.25, -0.2) is 0 Å². The molecular formula is C43H82O6. The fraction of sp³-hybridized carbons (Fsp3) is 0.930. The number of esters is 3. The van der Waals surface area contributed by atoms with Crippen molar-refractivity contribution in [1.82, 2.24) is 0 Å². The van der Waals surface area contributed by atoms with Crippen molar-refractivity contribution in [1.29, 1.82) is 0 Å². The molecule has 0 saturated heterocycles. The molecule has 0 rings (SSSR count). The normalized spacial score (nSPS) is 11.9. The van der Waals surface area contributed by atoms with Gasteiger partial charge in [0.25, 0.3) is 0 Å². The standard InChI is InChI=1S/C43H82O6/c1-5-7-9-11-13-15-16-17-18-20-22-27-31-35-42(45)48-38-40(49-43(46)36-32-28-24-23-25-29-33-39(3)4)37-47-41(44)34-30-26-21-19-14-12-10-8-6-2/h39-40H,5-38H2,1-4H3/t40-/m0/s1. The predicted molar refractivity (Wildman–Crippen MR) is 206 cm³/mol. The topological polar surface area (TPSA) is 78.9 Å². The highest BCUT2D eigenvalue weighted by Crippen LogP contribution is 2.15. The van der Waals surface area contributed by atoms with Crippen molar-refractivity contribution in [2.45, 2.75) is 239 Å². The Hall–Kier alpha value is -1.59. The van der Waals surface area contributed by atoms with Crippen LogP contribution in [0.5, 0.6) is 0 Å². The first-order valence-electron chi connectivity index (χ1n) is 21.4. The molecule has 0 aromatic heterocycles. The summed E-state index contributed by atoms with van der Waals surface area (Å²) in [4.78, 5) is 37.5. The molecule has 0 aliphatic carbocycles. The van der Waals surface area contributed by atoms with Gasteiger partial charge in [-0.1, -0.05) is 195 Å². The van der Waals surface area contributed by atoms with Gasteiger partial charge in [0.1, 0.15) is 13.2 Å². The fourth-order valence-corrected chi connectivity index (χ4v) is 6.27. The van der Waals surface area contributed by atoms with Gasteiger partial charge < -0.3 is 14.2 Å². The third-order valence-corrected chi connectivity index (χ3v) is 9.54. The van der Waals surface area contributed by atoms with Crippen LogP contribution in [0.3, 0.4) is 0 Å². The molecule has 49 heavy (non-hydrogen) atoms. The van der Waals surface area contributed by atoms with Crippen LogP contribution in [0.4, 0.5) is 0 Å². The third kappa shape index (κ3) is 37.5. The zero-order valence-electron chi connectivity index (χ0n) is 33.1. The summed E-state index contributed by atoms with van der Waals surface area (Å²) in [5.41, 5.74) is 0. The van der Waals surface area contributed by atoms with E-state index in [-0.39, 0.29) is 31.1 Å². The van der Waals surface area contributed by atoms with Crippen LogP contribution < -0.4 is 0 Å². The summed E-state index contributed by atoms with van der Waals surface area (Å²) >= 11 is 0. The second-order valence-electron chi connectivity index (χ2n) is 15.1. The van der Waals surface area contributed by atoms with Crippen LogP contribution in [0, 0.1) is 5.92 Å². The van der Waals surface area contributed by atoms with E-state index < -0.39 is 6.10 Å². The summed E-state index contributed by atoms with van der Waals surface area (Å²) in [6, 6.07) is 0. The van der Waals surface area contributed by atoms with Gasteiger partial charge in [-0.3, -0.25) is 14.4 Å². The Morgan fingerprint density at radius 1 is 0.388 bits per heavy atom. The quantitative estimate of drug-likeness (QED) is 0.0364. The molecule has 0 bridgehead atoms. The van der Waals surface area contributed by atoms with E-state index in [4.69, 9.17) is 14.2 Å². The van der Waals surface area contributed by atoms with Crippen LogP contribution >= 0.6 is 0 Å². The summed E-state index contributed by atoms with van der Waals surface area (Å²) in [7, 11) is 0. The number of carbonyl (C=O) groups excluding carboxylic acids is 3. The molecule has 0 heterocycles. The number of ether oxygens (including phenoxy) is 3. The van der Waals surface area contributed by atoms with Crippen LogP contribution in [0.2, 0.25) is 0 Å². The second-order valence-corrected chi connectivity index (χ2v) is 15.1. The van der Waals surface area contributed by atoms with Crippen LogP contribution in [0.1, 0.15) is 233 Å². The first-order valence-corrected chi connectivity index (χ1v) is 21.4. The van der Waals surface area contributed by atoms with E-state index in [1.54, 1.807) is 0 Å². The van der Waals surface area contributed by atoms with E-state index in [0.717, 1.165) is 63.7 Å². The summed E-state index contributed by atoms with van der Waals surface area (Å²) in [6.07, 6.45) is 35.3. The molecule has 0 aromatic carbocycles. The van der Waals surface area contributed by atoms with Gasteiger partial charge >= 0.3 is 17.9 Å². The maximum atomic E-state index is 12.6. The number of carbonyl (C=O) groups is 3. The Balaban J connectivity index is 4.30. The van der Waals surface area contributed by atoms with Crippen molar-refractivity contribution < 1.29 is 28.6 Å². The van der Waals surface area contributed by atoms with Gasteiger partial charge in [-0.05, 0) is 25.2 Å². The zero-order valence-corrected chi connectivity index (χ0v) is 33.1. The molecular weight excluding hydrogens is 612 g/mol. The lowest BCUT2D eigenvalue weighted by Crippen LogP contribution is -2.30. The molecule has 0 aliphatic rings. The summed E-state index contributed by atoms with van der Waals surface area (Å²) < 4.78 is 16.6. The Morgan fingerprint density at radius 2 is 0.673 bits per heavy atom. The first kappa shape index (κ1) is 47.4. The minimum Gasteiger partial charge on any atom is -0.462 e.